The third kappa shape index (κ3) is 2.42. The first kappa shape index (κ1) is 13.7. The third-order valence-electron chi connectivity index (χ3n) is 4.35. The summed E-state index contributed by atoms with van der Waals surface area (Å²) in [6.45, 7) is 5.27. The van der Waals surface area contributed by atoms with Crippen molar-refractivity contribution in [3.05, 3.63) is 65.4 Å². The molecule has 0 saturated heterocycles. The molecule has 0 bridgehead atoms. The van der Waals surface area contributed by atoms with Crippen LogP contribution < -0.4 is 5.32 Å². The number of anilines is 1. The average Bonchev–Trinajstić information content (AvgIpc) is 2.78. The molecule has 1 N–H and O–H groups in total. The van der Waals surface area contributed by atoms with Gasteiger partial charge < -0.3 is 9.88 Å². The fraction of sp³-hybridized carbons (Fsp3) is 0.263. The molecule has 3 rings (SSSR count). The number of hydrogen-bond donors (Lipinski definition) is 1. The smallest absolute Gasteiger partial charge is 0.0556 e. The Labute approximate surface area is 126 Å². The van der Waals surface area contributed by atoms with Crippen LogP contribution in [-0.4, -0.2) is 4.57 Å². The van der Waals surface area contributed by atoms with E-state index in [1.165, 1.54) is 33.4 Å². The van der Waals surface area contributed by atoms with Crippen LogP contribution in [0.15, 0.2) is 48.5 Å². The normalized spacial score (nSPS) is 11.0. The Hall–Kier alpha value is -2.22. The van der Waals surface area contributed by atoms with E-state index in [0.29, 0.717) is 0 Å². The maximum Gasteiger partial charge on any atom is 0.0556 e. The van der Waals surface area contributed by atoms with E-state index in [0.717, 1.165) is 13.0 Å². The third-order valence-corrected chi connectivity index (χ3v) is 4.35. The second-order valence-corrected chi connectivity index (χ2v) is 5.51. The first-order valence-corrected chi connectivity index (χ1v) is 7.57. The van der Waals surface area contributed by atoms with Gasteiger partial charge in [-0.05, 0) is 36.6 Å². The fourth-order valence-electron chi connectivity index (χ4n) is 3.07. The highest BCUT2D eigenvalue weighted by atomic mass is 15.0. The van der Waals surface area contributed by atoms with Gasteiger partial charge in [-0.25, -0.2) is 0 Å². The number of benzene rings is 2. The molecule has 0 aliphatic heterocycles. The molecule has 0 fully saturated rings. The van der Waals surface area contributed by atoms with Gasteiger partial charge in [-0.2, -0.15) is 0 Å². The van der Waals surface area contributed by atoms with Gasteiger partial charge in [0.1, 0.15) is 0 Å². The highest BCUT2D eigenvalue weighted by molar-refractivity contribution is 5.85. The molecule has 21 heavy (non-hydrogen) atoms. The number of fused-ring (bicyclic) bond motifs is 1. The van der Waals surface area contributed by atoms with Crippen molar-refractivity contribution in [2.24, 2.45) is 7.05 Å². The lowest BCUT2D eigenvalue weighted by Crippen LogP contribution is -2.07. The van der Waals surface area contributed by atoms with E-state index in [1.54, 1.807) is 0 Å². The fourth-order valence-corrected chi connectivity index (χ4v) is 3.07. The van der Waals surface area contributed by atoms with Gasteiger partial charge >= 0.3 is 0 Å². The molecule has 2 aromatic carbocycles. The molecule has 1 aromatic heterocycles. The van der Waals surface area contributed by atoms with Gasteiger partial charge in [0.25, 0.3) is 0 Å². The molecular weight excluding hydrogens is 256 g/mol. The van der Waals surface area contributed by atoms with E-state index in [4.69, 9.17) is 0 Å². The largest absolute Gasteiger partial charge is 0.379 e. The number of aromatic nitrogens is 1. The Morgan fingerprint density at radius 3 is 2.48 bits per heavy atom. The molecule has 2 nitrogen and oxygen atoms in total. The summed E-state index contributed by atoms with van der Waals surface area (Å²) >= 11 is 0. The van der Waals surface area contributed by atoms with E-state index in [1.807, 2.05) is 0 Å². The minimum atomic E-state index is 0.855. The molecule has 1 heterocycles. The summed E-state index contributed by atoms with van der Waals surface area (Å²) in [5.41, 5.74) is 6.63. The Bertz CT molecular complexity index is 729. The lowest BCUT2D eigenvalue weighted by molar-refractivity contribution is 0.861. The van der Waals surface area contributed by atoms with Gasteiger partial charge in [0.05, 0.1) is 6.54 Å². The maximum absolute atomic E-state index is 3.60. The molecule has 108 valence electrons. The van der Waals surface area contributed by atoms with Crippen molar-refractivity contribution in [3.63, 3.8) is 0 Å². The van der Waals surface area contributed by atoms with Crippen LogP contribution in [0.3, 0.4) is 0 Å². The van der Waals surface area contributed by atoms with Crippen LogP contribution in [-0.2, 0) is 20.0 Å². The topological polar surface area (TPSA) is 17.0 Å². The van der Waals surface area contributed by atoms with Crippen molar-refractivity contribution in [1.82, 2.24) is 4.57 Å². The van der Waals surface area contributed by atoms with Gasteiger partial charge in [0, 0.05) is 29.3 Å². The van der Waals surface area contributed by atoms with Crippen LogP contribution >= 0.6 is 0 Å². The Balaban J connectivity index is 1.92. The Morgan fingerprint density at radius 1 is 1.00 bits per heavy atom. The summed E-state index contributed by atoms with van der Waals surface area (Å²) in [7, 11) is 2.15. The molecule has 2 heteroatoms. The summed E-state index contributed by atoms with van der Waals surface area (Å²) in [4.78, 5) is 0. The van der Waals surface area contributed by atoms with Gasteiger partial charge in [0.15, 0.2) is 0 Å². The van der Waals surface area contributed by atoms with Crippen molar-refractivity contribution < 1.29 is 0 Å². The second-order valence-electron chi connectivity index (χ2n) is 5.51. The lowest BCUT2D eigenvalue weighted by Gasteiger charge is -2.12. The van der Waals surface area contributed by atoms with Crippen LogP contribution in [0.2, 0.25) is 0 Å². The summed E-state index contributed by atoms with van der Waals surface area (Å²) in [5.74, 6) is 0. The SMILES string of the molecule is CCc1ccccc1NCc1c(C)c2ccccc2n1C. The number of nitrogens with zero attached hydrogens (tertiary/aromatic N) is 1. The highest BCUT2D eigenvalue weighted by Crippen LogP contribution is 2.25. The summed E-state index contributed by atoms with van der Waals surface area (Å²) in [6.07, 6.45) is 1.05. The van der Waals surface area contributed by atoms with E-state index < -0.39 is 0 Å². The molecule has 0 atom stereocenters. The monoisotopic (exact) mass is 278 g/mol. The minimum absolute atomic E-state index is 0.855. The quantitative estimate of drug-likeness (QED) is 0.734. The predicted molar refractivity (Wildman–Crippen MR) is 90.8 cm³/mol. The van der Waals surface area contributed by atoms with Crippen molar-refractivity contribution in [3.8, 4) is 0 Å². The summed E-state index contributed by atoms with van der Waals surface area (Å²) < 4.78 is 2.30. The van der Waals surface area contributed by atoms with Crippen LogP contribution in [0.5, 0.6) is 0 Å². The number of hydrogen-bond acceptors (Lipinski definition) is 1. The lowest BCUT2D eigenvalue weighted by atomic mass is 10.1. The standard InChI is InChI=1S/C19H22N2/c1-4-15-9-5-7-11-17(15)20-13-19-14(2)16-10-6-8-12-18(16)21(19)3/h5-12,20H,4,13H2,1-3H3. The Morgan fingerprint density at radius 2 is 1.71 bits per heavy atom. The highest BCUT2D eigenvalue weighted by Gasteiger charge is 2.11. The van der Waals surface area contributed by atoms with Gasteiger partial charge in [-0.15, -0.1) is 0 Å². The molecule has 0 aliphatic rings. The summed E-state index contributed by atoms with van der Waals surface area (Å²) in [5, 5.41) is 4.95. The number of nitrogens with one attached hydrogen (secondary N) is 1. The molecule has 0 amide bonds. The van der Waals surface area contributed by atoms with Crippen LogP contribution in [0.4, 0.5) is 5.69 Å². The molecule has 0 spiro atoms. The number of rotatable bonds is 4. The molecule has 0 aliphatic carbocycles. The molecule has 3 aromatic rings. The average molecular weight is 278 g/mol. The maximum atomic E-state index is 3.60. The van der Waals surface area contributed by atoms with Crippen molar-refractivity contribution in [1.29, 1.82) is 0 Å². The molecule has 0 radical (unpaired) electrons. The van der Waals surface area contributed by atoms with Crippen LogP contribution in [0.25, 0.3) is 10.9 Å². The Kier molecular flexibility index (Phi) is 3.70. The zero-order chi connectivity index (χ0) is 14.8. The van der Waals surface area contributed by atoms with Crippen LogP contribution in [0.1, 0.15) is 23.7 Å². The molecular formula is C19H22N2. The zero-order valence-electron chi connectivity index (χ0n) is 13.0. The van der Waals surface area contributed by atoms with Crippen LogP contribution in [0, 0.1) is 6.92 Å². The predicted octanol–water partition coefficient (Wildman–Crippen LogP) is 4.66. The minimum Gasteiger partial charge on any atom is -0.379 e. The van der Waals surface area contributed by atoms with Gasteiger partial charge in [0.2, 0.25) is 0 Å². The van der Waals surface area contributed by atoms with Crippen molar-refractivity contribution in [2.75, 3.05) is 5.32 Å². The molecule has 0 unspecified atom stereocenters. The van der Waals surface area contributed by atoms with Crippen molar-refractivity contribution >= 4 is 16.6 Å². The second kappa shape index (κ2) is 5.65. The van der Waals surface area contributed by atoms with E-state index >= 15 is 0 Å². The number of aryl methyl sites for hydroxylation is 3. The number of para-hydroxylation sites is 2. The summed E-state index contributed by atoms with van der Waals surface area (Å²) in [6, 6.07) is 17.2. The van der Waals surface area contributed by atoms with Crippen molar-refractivity contribution in [2.45, 2.75) is 26.8 Å². The van der Waals surface area contributed by atoms with E-state index in [2.05, 4.69) is 79.3 Å². The first-order valence-electron chi connectivity index (χ1n) is 7.57. The van der Waals surface area contributed by atoms with E-state index in [-0.39, 0.29) is 0 Å². The molecule has 0 saturated carbocycles. The van der Waals surface area contributed by atoms with Gasteiger partial charge in [-0.1, -0.05) is 43.3 Å². The van der Waals surface area contributed by atoms with E-state index in [9.17, 15) is 0 Å². The zero-order valence-corrected chi connectivity index (χ0v) is 13.0. The van der Waals surface area contributed by atoms with Gasteiger partial charge in [-0.3, -0.25) is 0 Å². The first-order chi connectivity index (χ1) is 10.2.